The van der Waals surface area contributed by atoms with Crippen molar-refractivity contribution in [2.75, 3.05) is 19.3 Å². The third kappa shape index (κ3) is 2.37. The SMILES string of the molecule is C=C(C)CN(C)C(=O)c1cc2cc(N)ccc2[nH]1. The number of nitrogen functional groups attached to an aromatic ring is 1. The quantitative estimate of drug-likeness (QED) is 0.642. The predicted octanol–water partition coefficient (Wildman–Crippen LogP) is 2.40. The highest BCUT2D eigenvalue weighted by atomic mass is 16.2. The molecule has 0 aliphatic heterocycles. The van der Waals surface area contributed by atoms with E-state index in [4.69, 9.17) is 5.73 Å². The van der Waals surface area contributed by atoms with Gasteiger partial charge in [0.05, 0.1) is 0 Å². The number of aromatic amines is 1. The molecule has 2 rings (SSSR count). The second-order valence-electron chi connectivity index (χ2n) is 4.65. The summed E-state index contributed by atoms with van der Waals surface area (Å²) in [5, 5.41) is 0.946. The second kappa shape index (κ2) is 4.56. The molecule has 3 N–H and O–H groups in total. The van der Waals surface area contributed by atoms with Gasteiger partial charge in [-0.15, -0.1) is 0 Å². The lowest BCUT2D eigenvalue weighted by atomic mass is 10.2. The van der Waals surface area contributed by atoms with Crippen LogP contribution in [0.3, 0.4) is 0 Å². The van der Waals surface area contributed by atoms with Crippen LogP contribution in [0.25, 0.3) is 10.9 Å². The molecule has 1 amide bonds. The Labute approximate surface area is 106 Å². The second-order valence-corrected chi connectivity index (χ2v) is 4.65. The third-order valence-corrected chi connectivity index (χ3v) is 2.73. The third-order valence-electron chi connectivity index (χ3n) is 2.73. The summed E-state index contributed by atoms with van der Waals surface area (Å²) in [6.45, 7) is 6.26. The lowest BCUT2D eigenvalue weighted by molar-refractivity contribution is 0.0802. The van der Waals surface area contributed by atoms with Gasteiger partial charge in [-0.3, -0.25) is 4.79 Å². The normalized spacial score (nSPS) is 10.6. The summed E-state index contributed by atoms with van der Waals surface area (Å²) in [7, 11) is 1.76. The standard InChI is InChI=1S/C14H17N3O/c1-9(2)8-17(3)14(18)13-7-10-6-11(15)4-5-12(10)16-13/h4-7,16H,1,8,15H2,2-3H3. The first-order valence-electron chi connectivity index (χ1n) is 5.75. The Morgan fingerprint density at radius 2 is 2.17 bits per heavy atom. The smallest absolute Gasteiger partial charge is 0.270 e. The van der Waals surface area contributed by atoms with E-state index in [2.05, 4.69) is 11.6 Å². The molecule has 0 unspecified atom stereocenters. The highest BCUT2D eigenvalue weighted by Gasteiger charge is 2.14. The van der Waals surface area contributed by atoms with Crippen molar-refractivity contribution in [2.45, 2.75) is 6.92 Å². The van der Waals surface area contributed by atoms with Crippen LogP contribution in [0.1, 0.15) is 17.4 Å². The van der Waals surface area contributed by atoms with Crippen LogP contribution in [0.5, 0.6) is 0 Å². The molecule has 0 aliphatic rings. The van der Waals surface area contributed by atoms with Gasteiger partial charge in [-0.25, -0.2) is 0 Å². The van der Waals surface area contributed by atoms with Crippen molar-refractivity contribution in [3.05, 3.63) is 42.1 Å². The molecule has 2 aromatic rings. The maximum absolute atomic E-state index is 12.2. The number of likely N-dealkylation sites (N-methyl/N-ethyl adjacent to an activating group) is 1. The molecule has 18 heavy (non-hydrogen) atoms. The zero-order chi connectivity index (χ0) is 13.3. The first kappa shape index (κ1) is 12.2. The molecule has 4 nitrogen and oxygen atoms in total. The fourth-order valence-electron chi connectivity index (χ4n) is 1.95. The fourth-order valence-corrected chi connectivity index (χ4v) is 1.95. The van der Waals surface area contributed by atoms with E-state index in [0.29, 0.717) is 17.9 Å². The maximum atomic E-state index is 12.2. The number of rotatable bonds is 3. The molecule has 0 bridgehead atoms. The van der Waals surface area contributed by atoms with Gasteiger partial charge in [0.1, 0.15) is 5.69 Å². The summed E-state index contributed by atoms with van der Waals surface area (Å²) in [5.41, 5.74) is 8.84. The Balaban J connectivity index is 2.30. The van der Waals surface area contributed by atoms with E-state index in [-0.39, 0.29) is 5.91 Å². The van der Waals surface area contributed by atoms with Gasteiger partial charge in [0.25, 0.3) is 5.91 Å². The number of hydrogen-bond donors (Lipinski definition) is 2. The number of carbonyl (C=O) groups is 1. The van der Waals surface area contributed by atoms with Crippen molar-refractivity contribution >= 4 is 22.5 Å². The molecule has 0 fully saturated rings. The van der Waals surface area contributed by atoms with Crippen LogP contribution >= 0.6 is 0 Å². The van der Waals surface area contributed by atoms with E-state index in [0.717, 1.165) is 16.5 Å². The Morgan fingerprint density at radius 3 is 2.83 bits per heavy atom. The molecule has 94 valence electrons. The molecule has 0 aliphatic carbocycles. The summed E-state index contributed by atoms with van der Waals surface area (Å²) >= 11 is 0. The zero-order valence-electron chi connectivity index (χ0n) is 10.7. The largest absolute Gasteiger partial charge is 0.399 e. The minimum Gasteiger partial charge on any atom is -0.399 e. The summed E-state index contributed by atoms with van der Waals surface area (Å²) < 4.78 is 0. The number of hydrogen-bond acceptors (Lipinski definition) is 2. The number of carbonyl (C=O) groups excluding carboxylic acids is 1. The van der Waals surface area contributed by atoms with Crippen LogP contribution < -0.4 is 5.73 Å². The average Bonchev–Trinajstić information content (AvgIpc) is 2.69. The van der Waals surface area contributed by atoms with Crippen molar-refractivity contribution in [2.24, 2.45) is 0 Å². The summed E-state index contributed by atoms with van der Waals surface area (Å²) in [4.78, 5) is 16.9. The number of nitrogens with two attached hydrogens (primary N) is 1. The molecule has 0 radical (unpaired) electrons. The zero-order valence-corrected chi connectivity index (χ0v) is 10.7. The molecule has 0 saturated carbocycles. The number of H-pyrrole nitrogens is 1. The number of amides is 1. The number of nitrogens with one attached hydrogen (secondary N) is 1. The minimum absolute atomic E-state index is 0.0484. The molecule has 1 aromatic heterocycles. The first-order chi connectivity index (χ1) is 8.47. The van der Waals surface area contributed by atoms with Crippen molar-refractivity contribution in [1.82, 2.24) is 9.88 Å². The highest BCUT2D eigenvalue weighted by Crippen LogP contribution is 2.19. The van der Waals surface area contributed by atoms with Crippen LogP contribution in [0.15, 0.2) is 36.4 Å². The van der Waals surface area contributed by atoms with Crippen molar-refractivity contribution < 1.29 is 4.79 Å². The minimum atomic E-state index is -0.0484. The number of fused-ring (bicyclic) bond motifs is 1. The van der Waals surface area contributed by atoms with Gasteiger partial charge in [0, 0.05) is 30.2 Å². The molecule has 4 heteroatoms. The monoisotopic (exact) mass is 243 g/mol. The van der Waals surface area contributed by atoms with Gasteiger partial charge in [0.2, 0.25) is 0 Å². The van der Waals surface area contributed by atoms with Crippen molar-refractivity contribution in [3.8, 4) is 0 Å². The van der Waals surface area contributed by atoms with Crippen molar-refractivity contribution in [3.63, 3.8) is 0 Å². The van der Waals surface area contributed by atoms with Gasteiger partial charge in [-0.2, -0.15) is 0 Å². The molecule has 0 spiro atoms. The Hall–Kier alpha value is -2.23. The van der Waals surface area contributed by atoms with Crippen LogP contribution in [0.4, 0.5) is 5.69 Å². The lowest BCUT2D eigenvalue weighted by Gasteiger charge is -2.15. The molecule has 1 heterocycles. The van der Waals surface area contributed by atoms with Gasteiger partial charge in [-0.05, 0) is 31.2 Å². The molecular weight excluding hydrogens is 226 g/mol. The van der Waals surface area contributed by atoms with Crippen LogP contribution in [-0.4, -0.2) is 29.4 Å². The molecule has 0 saturated heterocycles. The van der Waals surface area contributed by atoms with E-state index in [1.165, 1.54) is 0 Å². The van der Waals surface area contributed by atoms with Crippen LogP contribution in [0, 0.1) is 0 Å². The summed E-state index contributed by atoms with van der Waals surface area (Å²) in [6, 6.07) is 7.36. The Bertz CT molecular complexity index is 613. The van der Waals surface area contributed by atoms with E-state index >= 15 is 0 Å². The van der Waals surface area contributed by atoms with Crippen LogP contribution in [-0.2, 0) is 0 Å². The van der Waals surface area contributed by atoms with E-state index in [1.54, 1.807) is 11.9 Å². The topological polar surface area (TPSA) is 62.1 Å². The molecule has 1 aromatic carbocycles. The fraction of sp³-hybridized carbons (Fsp3) is 0.214. The maximum Gasteiger partial charge on any atom is 0.270 e. The van der Waals surface area contributed by atoms with Gasteiger partial charge < -0.3 is 15.6 Å². The van der Waals surface area contributed by atoms with E-state index < -0.39 is 0 Å². The summed E-state index contributed by atoms with van der Waals surface area (Å²) in [5.74, 6) is -0.0484. The van der Waals surface area contributed by atoms with Gasteiger partial charge in [0.15, 0.2) is 0 Å². The van der Waals surface area contributed by atoms with Gasteiger partial charge >= 0.3 is 0 Å². The Kier molecular flexibility index (Phi) is 3.10. The molecular formula is C14H17N3O. The van der Waals surface area contributed by atoms with Crippen LogP contribution in [0.2, 0.25) is 0 Å². The number of nitrogens with zero attached hydrogens (tertiary/aromatic N) is 1. The predicted molar refractivity (Wildman–Crippen MR) is 74.5 cm³/mol. The Morgan fingerprint density at radius 1 is 1.44 bits per heavy atom. The first-order valence-corrected chi connectivity index (χ1v) is 5.75. The van der Waals surface area contributed by atoms with E-state index in [1.807, 2.05) is 31.2 Å². The lowest BCUT2D eigenvalue weighted by Crippen LogP contribution is -2.28. The van der Waals surface area contributed by atoms with E-state index in [9.17, 15) is 4.79 Å². The number of anilines is 1. The van der Waals surface area contributed by atoms with Gasteiger partial charge in [-0.1, -0.05) is 12.2 Å². The van der Waals surface area contributed by atoms with Crippen molar-refractivity contribution in [1.29, 1.82) is 0 Å². The number of aromatic nitrogens is 1. The summed E-state index contributed by atoms with van der Waals surface area (Å²) in [6.07, 6.45) is 0. The average molecular weight is 243 g/mol. The molecule has 0 atom stereocenters. The highest BCUT2D eigenvalue weighted by molar-refractivity contribution is 5.98. The number of benzene rings is 1.